The Kier molecular flexibility index (Phi) is 9.26. The van der Waals surface area contributed by atoms with Gasteiger partial charge in [-0.15, -0.1) is 0 Å². The van der Waals surface area contributed by atoms with E-state index in [1.165, 1.54) is 16.0 Å². The van der Waals surface area contributed by atoms with Gasteiger partial charge in [0.1, 0.15) is 12.3 Å². The van der Waals surface area contributed by atoms with Crippen molar-refractivity contribution in [3.63, 3.8) is 0 Å². The van der Waals surface area contributed by atoms with Gasteiger partial charge in [-0.2, -0.15) is 0 Å². The lowest BCUT2D eigenvalue weighted by Gasteiger charge is -2.32. The van der Waals surface area contributed by atoms with Crippen LogP contribution in [0.5, 0.6) is 5.75 Å². The highest BCUT2D eigenvalue weighted by Gasteiger charge is 2.21. The Morgan fingerprint density at radius 2 is 1.63 bits per heavy atom. The normalized spacial score (nSPS) is 10.9. The van der Waals surface area contributed by atoms with Gasteiger partial charge in [-0.25, -0.2) is 4.79 Å². The van der Waals surface area contributed by atoms with Crippen LogP contribution in [0.25, 0.3) is 0 Å². The Hall–Kier alpha value is -1.60. The molecule has 2 aromatic carbocycles. The summed E-state index contributed by atoms with van der Waals surface area (Å²) in [6.45, 7) is 7.29. The Morgan fingerprint density at radius 1 is 1.00 bits per heavy atom. The zero-order valence-electron chi connectivity index (χ0n) is 17.0. The number of quaternary nitrogens is 1. The molecule has 2 aromatic rings. The molecule has 0 atom stereocenters. The number of amides is 1. The second-order valence-electron chi connectivity index (χ2n) is 7.28. The molecular weight excluding hydrogens is 451 g/mol. The maximum atomic E-state index is 12.0. The van der Waals surface area contributed by atoms with E-state index in [4.69, 9.17) is 4.74 Å². The molecule has 0 radical (unpaired) electrons. The van der Waals surface area contributed by atoms with Crippen molar-refractivity contribution in [1.29, 1.82) is 0 Å². The van der Waals surface area contributed by atoms with Gasteiger partial charge in [0, 0.05) is 19.7 Å². The van der Waals surface area contributed by atoms with E-state index < -0.39 is 0 Å². The van der Waals surface area contributed by atoms with Gasteiger partial charge in [0.25, 0.3) is 0 Å². The van der Waals surface area contributed by atoms with E-state index in [0.717, 1.165) is 36.1 Å². The molecule has 0 aliphatic heterocycles. The first-order chi connectivity index (χ1) is 12.4. The van der Waals surface area contributed by atoms with Gasteiger partial charge in [-0.3, -0.25) is 0 Å². The monoisotopic (exact) mass is 482 g/mol. The van der Waals surface area contributed by atoms with Gasteiger partial charge < -0.3 is 38.1 Å². The predicted octanol–water partition coefficient (Wildman–Crippen LogP) is 1.33. The van der Waals surface area contributed by atoms with Gasteiger partial charge in [0.05, 0.1) is 20.1 Å². The standard InChI is InChI=1S/C22H31N2O2.HI/c1-6-24(5,7-2)17-20-16-19(15-18-11-9-8-10-12-18)13-14-21(20)26-22(25)23(3)4;/h8-14,16H,6-7,15,17H2,1-5H3;1H/q+1;/p-1. The van der Waals surface area contributed by atoms with Crippen LogP contribution in [-0.4, -0.2) is 49.7 Å². The third kappa shape index (κ3) is 6.81. The largest absolute Gasteiger partial charge is 1.00 e. The summed E-state index contributed by atoms with van der Waals surface area (Å²) in [6.07, 6.45) is 0.529. The van der Waals surface area contributed by atoms with Crippen LogP contribution in [0.2, 0.25) is 0 Å². The topological polar surface area (TPSA) is 29.5 Å². The molecule has 0 bridgehead atoms. The minimum atomic E-state index is -0.343. The van der Waals surface area contributed by atoms with Crippen LogP contribution < -0.4 is 28.7 Å². The number of rotatable bonds is 7. The number of carbonyl (C=O) groups is 1. The van der Waals surface area contributed by atoms with E-state index in [0.29, 0.717) is 5.75 Å². The second-order valence-corrected chi connectivity index (χ2v) is 7.28. The van der Waals surface area contributed by atoms with Crippen LogP contribution in [0.4, 0.5) is 4.79 Å². The van der Waals surface area contributed by atoms with Crippen LogP contribution in [0.3, 0.4) is 0 Å². The van der Waals surface area contributed by atoms with Gasteiger partial charge in [-0.05, 0) is 43.5 Å². The van der Waals surface area contributed by atoms with Crippen LogP contribution in [-0.2, 0) is 13.0 Å². The van der Waals surface area contributed by atoms with Crippen molar-refractivity contribution in [3.8, 4) is 5.75 Å². The summed E-state index contributed by atoms with van der Waals surface area (Å²) in [4.78, 5) is 13.5. The molecule has 0 saturated heterocycles. The van der Waals surface area contributed by atoms with Crippen molar-refractivity contribution >= 4 is 6.09 Å². The second kappa shape index (κ2) is 10.7. The number of ether oxygens (including phenoxy) is 1. The SMILES string of the molecule is CC[N+](C)(CC)Cc1cc(Cc2ccccc2)ccc1OC(=O)N(C)C.[I-]. The first-order valence-electron chi connectivity index (χ1n) is 9.25. The first-order valence-corrected chi connectivity index (χ1v) is 9.25. The summed E-state index contributed by atoms with van der Waals surface area (Å²) in [6, 6.07) is 16.6. The predicted molar refractivity (Wildman–Crippen MR) is 106 cm³/mol. The number of hydrogen-bond acceptors (Lipinski definition) is 2. The molecule has 27 heavy (non-hydrogen) atoms. The quantitative estimate of drug-likeness (QED) is 0.441. The average Bonchev–Trinajstić information content (AvgIpc) is 2.64. The minimum absolute atomic E-state index is 0. The molecule has 0 aliphatic carbocycles. The third-order valence-corrected chi connectivity index (χ3v) is 5.02. The minimum Gasteiger partial charge on any atom is -1.00 e. The van der Waals surface area contributed by atoms with Gasteiger partial charge >= 0.3 is 6.09 Å². The first kappa shape index (κ1) is 23.4. The molecule has 0 saturated carbocycles. The van der Waals surface area contributed by atoms with Gasteiger partial charge in [0.15, 0.2) is 0 Å². The Balaban J connectivity index is 0.00000364. The number of nitrogens with zero attached hydrogens (tertiary/aromatic N) is 2. The summed E-state index contributed by atoms with van der Waals surface area (Å²) < 4.78 is 6.53. The van der Waals surface area contributed by atoms with Gasteiger partial charge in [-0.1, -0.05) is 36.4 Å². The fourth-order valence-electron chi connectivity index (χ4n) is 2.84. The van der Waals surface area contributed by atoms with Crippen molar-refractivity contribution in [2.45, 2.75) is 26.8 Å². The number of benzene rings is 2. The Labute approximate surface area is 180 Å². The van der Waals surface area contributed by atoms with Crippen LogP contribution in [0.1, 0.15) is 30.5 Å². The fraction of sp³-hybridized carbons (Fsp3) is 0.409. The Morgan fingerprint density at radius 3 is 2.19 bits per heavy atom. The number of halogens is 1. The molecule has 4 nitrogen and oxygen atoms in total. The number of carbonyl (C=O) groups excluding carboxylic acids is 1. The summed E-state index contributed by atoms with van der Waals surface area (Å²) in [7, 11) is 5.63. The van der Waals surface area contributed by atoms with Crippen LogP contribution >= 0.6 is 0 Å². The lowest BCUT2D eigenvalue weighted by molar-refractivity contribution is -0.919. The molecule has 5 heteroatoms. The molecule has 1 amide bonds. The molecule has 0 N–H and O–H groups in total. The van der Waals surface area contributed by atoms with Gasteiger partial charge in [0.2, 0.25) is 0 Å². The van der Waals surface area contributed by atoms with Crippen LogP contribution in [0.15, 0.2) is 48.5 Å². The van der Waals surface area contributed by atoms with E-state index >= 15 is 0 Å². The molecule has 2 rings (SSSR count). The zero-order chi connectivity index (χ0) is 19.2. The molecule has 0 aromatic heterocycles. The number of hydrogen-bond donors (Lipinski definition) is 0. The summed E-state index contributed by atoms with van der Waals surface area (Å²) in [5.74, 6) is 0.659. The summed E-state index contributed by atoms with van der Waals surface area (Å²) in [5, 5.41) is 0. The van der Waals surface area contributed by atoms with Crippen LogP contribution in [0, 0.1) is 0 Å². The summed E-state index contributed by atoms with van der Waals surface area (Å²) in [5.41, 5.74) is 3.59. The van der Waals surface area contributed by atoms with Crippen molar-refractivity contribution in [2.75, 3.05) is 34.2 Å². The Bertz CT molecular complexity index is 728. The van der Waals surface area contributed by atoms with Crippen molar-refractivity contribution in [3.05, 3.63) is 65.2 Å². The van der Waals surface area contributed by atoms with E-state index in [9.17, 15) is 4.79 Å². The highest BCUT2D eigenvalue weighted by molar-refractivity contribution is 5.70. The van der Waals surface area contributed by atoms with E-state index in [-0.39, 0.29) is 30.1 Å². The van der Waals surface area contributed by atoms with E-state index in [1.807, 2.05) is 12.1 Å². The van der Waals surface area contributed by atoms with Crippen molar-refractivity contribution in [1.82, 2.24) is 4.90 Å². The smallest absolute Gasteiger partial charge is 0.414 e. The molecule has 0 heterocycles. The third-order valence-electron chi connectivity index (χ3n) is 5.02. The lowest BCUT2D eigenvalue weighted by atomic mass is 10.0. The van der Waals surface area contributed by atoms with E-state index in [1.54, 1.807) is 14.1 Å². The average molecular weight is 482 g/mol. The summed E-state index contributed by atoms with van der Waals surface area (Å²) >= 11 is 0. The molecule has 148 valence electrons. The zero-order valence-corrected chi connectivity index (χ0v) is 19.2. The molecular formula is C22H31IN2O2. The van der Waals surface area contributed by atoms with Crippen molar-refractivity contribution in [2.24, 2.45) is 0 Å². The highest BCUT2D eigenvalue weighted by atomic mass is 127. The molecule has 0 aliphatic rings. The van der Waals surface area contributed by atoms with E-state index in [2.05, 4.69) is 57.3 Å². The maximum absolute atomic E-state index is 12.0. The fourth-order valence-corrected chi connectivity index (χ4v) is 2.84. The molecule has 0 fully saturated rings. The maximum Gasteiger partial charge on any atom is 0.414 e. The van der Waals surface area contributed by atoms with Crippen molar-refractivity contribution < 1.29 is 38.0 Å². The molecule has 0 spiro atoms. The lowest BCUT2D eigenvalue weighted by Crippen LogP contribution is -3.00. The highest BCUT2D eigenvalue weighted by Crippen LogP contribution is 2.26. The molecule has 0 unspecified atom stereocenters.